The van der Waals surface area contributed by atoms with Gasteiger partial charge in [0.05, 0.1) is 16.8 Å². The van der Waals surface area contributed by atoms with Crippen molar-refractivity contribution in [1.29, 1.82) is 0 Å². The predicted molar refractivity (Wildman–Crippen MR) is 87.9 cm³/mol. The molecule has 2 aliphatic rings. The fraction of sp³-hybridized carbons (Fsp3) is 0.647. The summed E-state index contributed by atoms with van der Waals surface area (Å²) in [5, 5.41) is 14.0. The normalized spacial score (nSPS) is 21.6. The predicted octanol–water partition coefficient (Wildman–Crippen LogP) is 3.19. The minimum atomic E-state index is -0.196. The van der Waals surface area contributed by atoms with Crippen LogP contribution in [0.25, 0.3) is 0 Å². The number of nitrogens with one attached hydrogen (secondary N) is 1. The molecule has 1 heterocycles. The molecule has 0 spiro atoms. The molecule has 3 nitrogen and oxygen atoms in total. The van der Waals surface area contributed by atoms with Gasteiger partial charge in [0, 0.05) is 25.7 Å². The topological polar surface area (TPSA) is 35.5 Å². The van der Waals surface area contributed by atoms with Crippen LogP contribution in [0.3, 0.4) is 0 Å². The molecule has 0 aromatic heterocycles. The van der Waals surface area contributed by atoms with Gasteiger partial charge in [-0.3, -0.25) is 0 Å². The van der Waals surface area contributed by atoms with E-state index in [9.17, 15) is 5.11 Å². The molecule has 0 radical (unpaired) electrons. The second-order valence-corrected chi connectivity index (χ2v) is 6.91. The fourth-order valence-electron chi connectivity index (χ4n) is 3.09. The molecular formula is C17H25ClN2O. The van der Waals surface area contributed by atoms with Crippen molar-refractivity contribution in [2.75, 3.05) is 18.0 Å². The lowest BCUT2D eigenvalue weighted by Gasteiger charge is -2.35. The van der Waals surface area contributed by atoms with Crippen LogP contribution < -0.4 is 10.2 Å². The molecule has 1 aliphatic carbocycles. The molecule has 1 aromatic carbocycles. The summed E-state index contributed by atoms with van der Waals surface area (Å²) < 4.78 is 0. The second-order valence-electron chi connectivity index (χ2n) is 6.51. The average Bonchev–Trinajstić information content (AvgIpc) is 3.29. The Bertz CT molecular complexity index is 480. The van der Waals surface area contributed by atoms with E-state index in [0.717, 1.165) is 49.2 Å². The Balaban J connectivity index is 1.60. The minimum Gasteiger partial charge on any atom is -0.393 e. The van der Waals surface area contributed by atoms with Gasteiger partial charge in [-0.1, -0.05) is 17.7 Å². The summed E-state index contributed by atoms with van der Waals surface area (Å²) in [5.41, 5.74) is 2.39. The van der Waals surface area contributed by atoms with Crippen LogP contribution in [0, 0.1) is 5.92 Å². The maximum Gasteiger partial charge on any atom is 0.0642 e. The van der Waals surface area contributed by atoms with Gasteiger partial charge < -0.3 is 15.3 Å². The van der Waals surface area contributed by atoms with E-state index in [4.69, 9.17) is 11.6 Å². The van der Waals surface area contributed by atoms with Crippen LogP contribution >= 0.6 is 11.6 Å². The van der Waals surface area contributed by atoms with E-state index in [1.807, 2.05) is 6.92 Å². The van der Waals surface area contributed by atoms with Crippen LogP contribution in [-0.4, -0.2) is 30.3 Å². The summed E-state index contributed by atoms with van der Waals surface area (Å²) in [4.78, 5) is 2.35. The van der Waals surface area contributed by atoms with Crippen molar-refractivity contribution in [2.45, 2.75) is 51.3 Å². The smallest absolute Gasteiger partial charge is 0.0642 e. The number of aliphatic hydroxyl groups is 1. The monoisotopic (exact) mass is 308 g/mol. The standard InChI is InChI=1S/C17H25ClN2O/c1-12(21)14-6-8-20(9-7-14)17-5-2-13(10-16(17)18)11-19-15-3-4-15/h2,5,10,12,14-15,19,21H,3-4,6-9,11H2,1H3. The zero-order chi connectivity index (χ0) is 14.8. The van der Waals surface area contributed by atoms with E-state index in [1.165, 1.54) is 18.4 Å². The number of anilines is 1. The molecule has 116 valence electrons. The van der Waals surface area contributed by atoms with Crippen molar-refractivity contribution in [3.05, 3.63) is 28.8 Å². The highest BCUT2D eigenvalue weighted by Gasteiger charge is 2.24. The zero-order valence-corrected chi connectivity index (χ0v) is 13.4. The lowest BCUT2D eigenvalue weighted by atomic mass is 9.92. The van der Waals surface area contributed by atoms with Crippen molar-refractivity contribution in [1.82, 2.24) is 5.32 Å². The summed E-state index contributed by atoms with van der Waals surface area (Å²) in [6, 6.07) is 7.14. The fourth-order valence-corrected chi connectivity index (χ4v) is 3.41. The Morgan fingerprint density at radius 1 is 1.29 bits per heavy atom. The van der Waals surface area contributed by atoms with Gasteiger partial charge in [0.15, 0.2) is 0 Å². The minimum absolute atomic E-state index is 0.196. The third-order valence-electron chi connectivity index (χ3n) is 4.75. The first-order valence-corrected chi connectivity index (χ1v) is 8.46. The number of halogens is 1. The highest BCUT2D eigenvalue weighted by molar-refractivity contribution is 6.33. The lowest BCUT2D eigenvalue weighted by molar-refractivity contribution is 0.110. The van der Waals surface area contributed by atoms with Crippen LogP contribution in [0.1, 0.15) is 38.2 Å². The number of rotatable bonds is 5. The molecule has 0 bridgehead atoms. The van der Waals surface area contributed by atoms with Gasteiger partial charge in [0.2, 0.25) is 0 Å². The molecule has 1 saturated heterocycles. The van der Waals surface area contributed by atoms with E-state index in [-0.39, 0.29) is 6.10 Å². The van der Waals surface area contributed by atoms with Crippen LogP contribution in [0.5, 0.6) is 0 Å². The van der Waals surface area contributed by atoms with Gasteiger partial charge >= 0.3 is 0 Å². The van der Waals surface area contributed by atoms with Crippen LogP contribution in [-0.2, 0) is 6.54 Å². The van der Waals surface area contributed by atoms with Crippen molar-refractivity contribution in [3.8, 4) is 0 Å². The van der Waals surface area contributed by atoms with Gasteiger partial charge in [0.1, 0.15) is 0 Å². The number of aliphatic hydroxyl groups excluding tert-OH is 1. The van der Waals surface area contributed by atoms with Crippen molar-refractivity contribution in [3.63, 3.8) is 0 Å². The summed E-state index contributed by atoms with van der Waals surface area (Å²) in [6.07, 6.45) is 4.50. The number of hydrogen-bond donors (Lipinski definition) is 2. The maximum absolute atomic E-state index is 9.68. The number of piperidine rings is 1. The first-order valence-electron chi connectivity index (χ1n) is 8.08. The molecule has 1 saturated carbocycles. The highest BCUT2D eigenvalue weighted by Crippen LogP contribution is 2.31. The Kier molecular flexibility index (Phi) is 4.72. The van der Waals surface area contributed by atoms with E-state index in [1.54, 1.807) is 0 Å². The molecule has 1 unspecified atom stereocenters. The Labute approximate surface area is 132 Å². The van der Waals surface area contributed by atoms with Crippen LogP contribution in [0.2, 0.25) is 5.02 Å². The molecule has 2 N–H and O–H groups in total. The van der Waals surface area contributed by atoms with Crippen LogP contribution in [0.4, 0.5) is 5.69 Å². The molecule has 4 heteroatoms. The van der Waals surface area contributed by atoms with Crippen LogP contribution in [0.15, 0.2) is 18.2 Å². The Hall–Kier alpha value is -0.770. The highest BCUT2D eigenvalue weighted by atomic mass is 35.5. The quantitative estimate of drug-likeness (QED) is 0.877. The largest absolute Gasteiger partial charge is 0.393 e. The van der Waals surface area contributed by atoms with E-state index < -0.39 is 0 Å². The summed E-state index contributed by atoms with van der Waals surface area (Å²) in [6.45, 7) is 4.77. The number of benzene rings is 1. The third kappa shape index (κ3) is 3.91. The van der Waals surface area contributed by atoms with Crippen molar-refractivity contribution in [2.24, 2.45) is 5.92 Å². The van der Waals surface area contributed by atoms with E-state index in [2.05, 4.69) is 28.4 Å². The van der Waals surface area contributed by atoms with E-state index in [0.29, 0.717) is 5.92 Å². The third-order valence-corrected chi connectivity index (χ3v) is 5.05. The summed E-state index contributed by atoms with van der Waals surface area (Å²) in [7, 11) is 0. The summed E-state index contributed by atoms with van der Waals surface area (Å²) >= 11 is 6.47. The average molecular weight is 309 g/mol. The lowest BCUT2D eigenvalue weighted by Crippen LogP contribution is -2.37. The Morgan fingerprint density at radius 2 is 2.00 bits per heavy atom. The second kappa shape index (κ2) is 6.55. The molecule has 1 aromatic rings. The first kappa shape index (κ1) is 15.1. The molecular weight excluding hydrogens is 284 g/mol. The Morgan fingerprint density at radius 3 is 2.57 bits per heavy atom. The maximum atomic E-state index is 9.68. The summed E-state index contributed by atoms with van der Waals surface area (Å²) in [5.74, 6) is 0.432. The van der Waals surface area contributed by atoms with Gasteiger partial charge in [0.25, 0.3) is 0 Å². The molecule has 2 fully saturated rings. The van der Waals surface area contributed by atoms with Gasteiger partial charge in [-0.15, -0.1) is 0 Å². The molecule has 1 atom stereocenters. The zero-order valence-electron chi connectivity index (χ0n) is 12.7. The van der Waals surface area contributed by atoms with Gasteiger partial charge in [-0.2, -0.15) is 0 Å². The molecule has 1 aliphatic heterocycles. The SMILES string of the molecule is CC(O)C1CCN(c2ccc(CNC3CC3)cc2Cl)CC1. The number of hydrogen-bond acceptors (Lipinski definition) is 3. The molecule has 21 heavy (non-hydrogen) atoms. The number of nitrogens with zero attached hydrogens (tertiary/aromatic N) is 1. The molecule has 3 rings (SSSR count). The van der Waals surface area contributed by atoms with Gasteiger partial charge in [-0.25, -0.2) is 0 Å². The van der Waals surface area contributed by atoms with Gasteiger partial charge in [-0.05, 0) is 56.2 Å². The first-order chi connectivity index (χ1) is 10.1. The molecule has 0 amide bonds. The van der Waals surface area contributed by atoms with Crippen molar-refractivity contribution < 1.29 is 5.11 Å². The van der Waals surface area contributed by atoms with Crippen molar-refractivity contribution >= 4 is 17.3 Å². The van der Waals surface area contributed by atoms with E-state index >= 15 is 0 Å².